The number of carbonyl (C=O) groups excluding carboxylic acids is 2. The number of imide groups is 1. The average Bonchev–Trinajstić information content (AvgIpc) is 2.72. The van der Waals surface area contributed by atoms with E-state index in [4.69, 9.17) is 21.4 Å². The van der Waals surface area contributed by atoms with E-state index in [9.17, 15) is 14.4 Å². The molecule has 1 aliphatic heterocycles. The van der Waals surface area contributed by atoms with Gasteiger partial charge >= 0.3 is 5.97 Å². The lowest BCUT2D eigenvalue weighted by atomic mass is 10.2. The SMILES string of the molecule is O=C(O)c1cc(OCCN2C(=O)CCC2=O)ccc1Cl. The molecule has 1 saturated heterocycles. The molecule has 0 atom stereocenters. The minimum Gasteiger partial charge on any atom is -0.492 e. The Morgan fingerprint density at radius 1 is 1.30 bits per heavy atom. The predicted molar refractivity (Wildman–Crippen MR) is 69.9 cm³/mol. The van der Waals surface area contributed by atoms with Crippen LogP contribution in [0.15, 0.2) is 18.2 Å². The van der Waals surface area contributed by atoms with Crippen LogP contribution in [0.5, 0.6) is 5.75 Å². The predicted octanol–water partition coefficient (Wildman–Crippen LogP) is 1.57. The Kier molecular flexibility index (Phi) is 4.24. The quantitative estimate of drug-likeness (QED) is 0.834. The first kappa shape index (κ1) is 14.3. The van der Waals surface area contributed by atoms with Gasteiger partial charge in [0.1, 0.15) is 12.4 Å². The smallest absolute Gasteiger partial charge is 0.337 e. The number of aromatic carboxylic acids is 1. The normalized spacial score (nSPS) is 14.8. The zero-order valence-electron chi connectivity index (χ0n) is 10.5. The van der Waals surface area contributed by atoms with E-state index in [1.54, 1.807) is 0 Å². The molecule has 1 fully saturated rings. The molecule has 1 aliphatic rings. The molecule has 1 aromatic rings. The van der Waals surface area contributed by atoms with Crippen molar-refractivity contribution in [3.63, 3.8) is 0 Å². The highest BCUT2D eigenvalue weighted by Crippen LogP contribution is 2.22. The number of halogens is 1. The summed E-state index contributed by atoms with van der Waals surface area (Å²) in [5.41, 5.74) is -0.0579. The number of carboxylic acids is 1. The number of likely N-dealkylation sites (tertiary alicyclic amines) is 1. The molecule has 0 spiro atoms. The molecular formula is C13H12ClNO5. The van der Waals surface area contributed by atoms with Gasteiger partial charge in [0.05, 0.1) is 17.1 Å². The van der Waals surface area contributed by atoms with Gasteiger partial charge in [0.15, 0.2) is 0 Å². The molecule has 0 unspecified atom stereocenters. The molecule has 7 heteroatoms. The lowest BCUT2D eigenvalue weighted by molar-refractivity contribution is -0.138. The highest BCUT2D eigenvalue weighted by atomic mass is 35.5. The van der Waals surface area contributed by atoms with Crippen molar-refractivity contribution in [2.24, 2.45) is 0 Å². The molecule has 2 amide bonds. The van der Waals surface area contributed by atoms with Crippen molar-refractivity contribution in [2.75, 3.05) is 13.2 Å². The van der Waals surface area contributed by atoms with Crippen LogP contribution in [0, 0.1) is 0 Å². The summed E-state index contributed by atoms with van der Waals surface area (Å²) < 4.78 is 5.34. The molecule has 0 saturated carbocycles. The highest BCUT2D eigenvalue weighted by molar-refractivity contribution is 6.33. The molecule has 20 heavy (non-hydrogen) atoms. The van der Waals surface area contributed by atoms with Gasteiger partial charge in [-0.2, -0.15) is 0 Å². The molecule has 2 rings (SSSR count). The van der Waals surface area contributed by atoms with Crippen molar-refractivity contribution < 1.29 is 24.2 Å². The fourth-order valence-electron chi connectivity index (χ4n) is 1.89. The maximum Gasteiger partial charge on any atom is 0.337 e. The lowest BCUT2D eigenvalue weighted by Crippen LogP contribution is -2.33. The minimum atomic E-state index is -1.15. The zero-order valence-corrected chi connectivity index (χ0v) is 11.2. The Labute approximate surface area is 119 Å². The van der Waals surface area contributed by atoms with Crippen molar-refractivity contribution in [2.45, 2.75) is 12.8 Å². The Morgan fingerprint density at radius 3 is 2.55 bits per heavy atom. The van der Waals surface area contributed by atoms with Crippen molar-refractivity contribution >= 4 is 29.4 Å². The minimum absolute atomic E-state index is 0.0579. The molecule has 1 aromatic carbocycles. The summed E-state index contributed by atoms with van der Waals surface area (Å²) in [6.45, 7) is 0.265. The number of carbonyl (C=O) groups is 3. The first-order chi connectivity index (χ1) is 9.49. The van der Waals surface area contributed by atoms with Crippen molar-refractivity contribution in [1.82, 2.24) is 4.90 Å². The number of ether oxygens (including phenoxy) is 1. The summed E-state index contributed by atoms with van der Waals surface area (Å²) in [5, 5.41) is 9.04. The van der Waals surface area contributed by atoms with Crippen LogP contribution in [0.25, 0.3) is 0 Å². The van der Waals surface area contributed by atoms with Gasteiger partial charge in [-0.05, 0) is 18.2 Å². The topological polar surface area (TPSA) is 83.9 Å². The van der Waals surface area contributed by atoms with Gasteiger partial charge in [0.25, 0.3) is 0 Å². The molecule has 0 aliphatic carbocycles. The average molecular weight is 298 g/mol. The molecule has 6 nitrogen and oxygen atoms in total. The second-order valence-electron chi connectivity index (χ2n) is 4.23. The molecule has 0 bridgehead atoms. The van der Waals surface area contributed by atoms with Crippen LogP contribution in [-0.4, -0.2) is 40.9 Å². The lowest BCUT2D eigenvalue weighted by Gasteiger charge is -2.14. The fourth-order valence-corrected chi connectivity index (χ4v) is 2.08. The van der Waals surface area contributed by atoms with E-state index in [1.165, 1.54) is 18.2 Å². The second-order valence-corrected chi connectivity index (χ2v) is 4.64. The Morgan fingerprint density at radius 2 is 1.95 bits per heavy atom. The second kappa shape index (κ2) is 5.92. The monoisotopic (exact) mass is 297 g/mol. The van der Waals surface area contributed by atoms with E-state index in [-0.39, 0.29) is 48.4 Å². The van der Waals surface area contributed by atoms with E-state index in [0.29, 0.717) is 5.75 Å². The van der Waals surface area contributed by atoms with Gasteiger partial charge in [-0.1, -0.05) is 11.6 Å². The van der Waals surface area contributed by atoms with Crippen LogP contribution in [-0.2, 0) is 9.59 Å². The largest absolute Gasteiger partial charge is 0.492 e. The number of hydrogen-bond acceptors (Lipinski definition) is 4. The number of rotatable bonds is 5. The third-order valence-electron chi connectivity index (χ3n) is 2.91. The van der Waals surface area contributed by atoms with Gasteiger partial charge < -0.3 is 9.84 Å². The number of hydrogen-bond donors (Lipinski definition) is 1. The first-order valence-corrected chi connectivity index (χ1v) is 6.35. The standard InChI is InChI=1S/C13H12ClNO5/c14-10-2-1-8(7-9(10)13(18)19)20-6-5-15-11(16)3-4-12(15)17/h1-2,7H,3-6H2,(H,18,19). The summed E-state index contributed by atoms with van der Waals surface area (Å²) in [6.07, 6.45) is 0.478. The first-order valence-electron chi connectivity index (χ1n) is 5.98. The highest BCUT2D eigenvalue weighted by Gasteiger charge is 2.28. The Hall–Kier alpha value is -2.08. The number of amides is 2. The van der Waals surface area contributed by atoms with E-state index in [2.05, 4.69) is 0 Å². The summed E-state index contributed by atoms with van der Waals surface area (Å²) in [5.74, 6) is -1.24. The Bertz CT molecular complexity index is 556. The molecule has 1 N–H and O–H groups in total. The van der Waals surface area contributed by atoms with Crippen molar-refractivity contribution in [3.05, 3.63) is 28.8 Å². The van der Waals surface area contributed by atoms with Crippen molar-refractivity contribution in [1.29, 1.82) is 0 Å². The fraction of sp³-hybridized carbons (Fsp3) is 0.308. The molecule has 0 radical (unpaired) electrons. The van der Waals surface area contributed by atoms with Crippen LogP contribution in [0.3, 0.4) is 0 Å². The molecule has 1 heterocycles. The van der Waals surface area contributed by atoms with E-state index in [0.717, 1.165) is 4.90 Å². The number of carboxylic acid groups (broad SMARTS) is 1. The van der Waals surface area contributed by atoms with Crippen LogP contribution in [0.1, 0.15) is 23.2 Å². The van der Waals surface area contributed by atoms with Crippen LogP contribution < -0.4 is 4.74 Å². The molecule has 0 aromatic heterocycles. The van der Waals surface area contributed by atoms with Crippen molar-refractivity contribution in [3.8, 4) is 5.75 Å². The van der Waals surface area contributed by atoms with E-state index in [1.807, 2.05) is 0 Å². The van der Waals surface area contributed by atoms with Gasteiger partial charge in [0.2, 0.25) is 11.8 Å². The Balaban J connectivity index is 1.94. The zero-order chi connectivity index (χ0) is 14.7. The molecular weight excluding hydrogens is 286 g/mol. The summed E-state index contributed by atoms with van der Waals surface area (Å²) in [4.78, 5) is 34.8. The van der Waals surface area contributed by atoms with Gasteiger partial charge in [-0.25, -0.2) is 4.79 Å². The van der Waals surface area contributed by atoms with Crippen LogP contribution >= 0.6 is 11.6 Å². The summed E-state index contributed by atoms with van der Waals surface area (Å²) in [7, 11) is 0. The number of benzene rings is 1. The van der Waals surface area contributed by atoms with Gasteiger partial charge in [0, 0.05) is 12.8 Å². The van der Waals surface area contributed by atoms with Crippen LogP contribution in [0.2, 0.25) is 5.02 Å². The van der Waals surface area contributed by atoms with Crippen LogP contribution in [0.4, 0.5) is 0 Å². The van der Waals surface area contributed by atoms with Gasteiger partial charge in [-0.3, -0.25) is 14.5 Å². The van der Waals surface area contributed by atoms with Gasteiger partial charge in [-0.15, -0.1) is 0 Å². The summed E-state index contributed by atoms with van der Waals surface area (Å²) >= 11 is 5.73. The third kappa shape index (κ3) is 3.08. The number of nitrogens with zero attached hydrogens (tertiary/aromatic N) is 1. The third-order valence-corrected chi connectivity index (χ3v) is 3.24. The maximum absolute atomic E-state index is 11.4. The maximum atomic E-state index is 11.4. The summed E-state index contributed by atoms with van der Waals surface area (Å²) in [6, 6.07) is 4.26. The molecule has 106 valence electrons. The van der Waals surface area contributed by atoms with E-state index >= 15 is 0 Å². The van der Waals surface area contributed by atoms with E-state index < -0.39 is 5.97 Å².